The molecule has 0 aliphatic heterocycles. The lowest BCUT2D eigenvalue weighted by Gasteiger charge is -2.12. The molecule has 0 amide bonds. The molecular formula is C50H27N5O. The predicted octanol–water partition coefficient (Wildman–Crippen LogP) is 12.6. The maximum absolute atomic E-state index is 9.99. The molecule has 56 heavy (non-hydrogen) atoms. The Bertz CT molecular complexity index is 3730. The third-order valence-electron chi connectivity index (χ3n) is 11.5. The van der Waals surface area contributed by atoms with E-state index in [4.69, 9.17) is 4.42 Å². The molecule has 0 aliphatic carbocycles. The van der Waals surface area contributed by atoms with Gasteiger partial charge in [-0.2, -0.15) is 10.5 Å². The van der Waals surface area contributed by atoms with E-state index in [0.717, 1.165) is 99.0 Å². The van der Waals surface area contributed by atoms with E-state index >= 15 is 0 Å². The lowest BCUT2D eigenvalue weighted by atomic mass is 10.1. The highest BCUT2D eigenvalue weighted by atomic mass is 16.3. The van der Waals surface area contributed by atoms with Crippen LogP contribution in [-0.4, -0.2) is 13.7 Å². The lowest BCUT2D eigenvalue weighted by molar-refractivity contribution is 0.669. The molecule has 0 saturated heterocycles. The minimum atomic E-state index is 0.623. The Morgan fingerprint density at radius 2 is 0.804 bits per heavy atom. The number of aromatic nitrogens is 3. The van der Waals surface area contributed by atoms with Crippen molar-refractivity contribution in [2.45, 2.75) is 0 Å². The number of nitriles is 2. The van der Waals surface area contributed by atoms with Gasteiger partial charge in [0.15, 0.2) is 0 Å². The van der Waals surface area contributed by atoms with E-state index in [0.29, 0.717) is 11.1 Å². The van der Waals surface area contributed by atoms with Crippen LogP contribution in [0, 0.1) is 22.7 Å². The van der Waals surface area contributed by atoms with Crippen LogP contribution in [0.2, 0.25) is 0 Å². The number of rotatable bonds is 3. The molecule has 0 bridgehead atoms. The monoisotopic (exact) mass is 713 g/mol. The lowest BCUT2D eigenvalue weighted by Crippen LogP contribution is -1.98. The Balaban J connectivity index is 1.17. The van der Waals surface area contributed by atoms with Gasteiger partial charge in [0.2, 0.25) is 0 Å². The third-order valence-corrected chi connectivity index (χ3v) is 11.5. The van der Waals surface area contributed by atoms with Crippen molar-refractivity contribution in [3.05, 3.63) is 175 Å². The van der Waals surface area contributed by atoms with E-state index in [9.17, 15) is 10.5 Å². The summed E-state index contributed by atoms with van der Waals surface area (Å²) in [7, 11) is 0. The van der Waals surface area contributed by atoms with Crippen molar-refractivity contribution < 1.29 is 4.42 Å². The van der Waals surface area contributed by atoms with Crippen molar-refractivity contribution in [1.82, 2.24) is 13.7 Å². The van der Waals surface area contributed by atoms with Crippen LogP contribution >= 0.6 is 0 Å². The van der Waals surface area contributed by atoms with Gasteiger partial charge in [-0.1, -0.05) is 66.7 Å². The Morgan fingerprint density at radius 3 is 1.43 bits per heavy atom. The van der Waals surface area contributed by atoms with Crippen LogP contribution in [-0.2, 0) is 0 Å². The second-order valence-electron chi connectivity index (χ2n) is 14.4. The number of fused-ring (bicyclic) bond motifs is 13. The zero-order valence-corrected chi connectivity index (χ0v) is 29.7. The van der Waals surface area contributed by atoms with Gasteiger partial charge in [-0.15, -0.1) is 0 Å². The largest absolute Gasteiger partial charge is 0.456 e. The van der Waals surface area contributed by atoms with Crippen molar-refractivity contribution in [2.24, 2.45) is 0 Å². The van der Waals surface area contributed by atoms with E-state index in [2.05, 4.69) is 153 Å². The fourth-order valence-corrected chi connectivity index (χ4v) is 9.09. The molecule has 4 heterocycles. The highest BCUT2D eigenvalue weighted by molar-refractivity contribution is 6.24. The Kier molecular flexibility index (Phi) is 6.10. The second kappa shape index (κ2) is 11.2. The van der Waals surface area contributed by atoms with Crippen LogP contribution < -0.4 is 0 Å². The van der Waals surface area contributed by atoms with Crippen LogP contribution in [0.3, 0.4) is 0 Å². The SMILES string of the molecule is N#Cc1ccc2c(c1)c1ccccc1n2-c1ccc2oc3ccc(-n4c5ccc(C#N)cc5c5ccc6c7ccccc7n(-c7ccccc7)c6c54)cc3c2c1. The summed E-state index contributed by atoms with van der Waals surface area (Å²) >= 11 is 0. The van der Waals surface area contributed by atoms with Crippen LogP contribution in [0.1, 0.15) is 11.1 Å². The minimum Gasteiger partial charge on any atom is -0.456 e. The average Bonchev–Trinajstić information content (AvgIpc) is 3.99. The fraction of sp³-hybridized carbons (Fsp3) is 0. The van der Waals surface area contributed by atoms with E-state index < -0.39 is 0 Å². The smallest absolute Gasteiger partial charge is 0.135 e. The molecule has 0 radical (unpaired) electrons. The van der Waals surface area contributed by atoms with Gasteiger partial charge in [0.1, 0.15) is 11.2 Å². The molecule has 0 atom stereocenters. The van der Waals surface area contributed by atoms with E-state index in [-0.39, 0.29) is 0 Å². The average molecular weight is 714 g/mol. The molecule has 8 aromatic carbocycles. The van der Waals surface area contributed by atoms with Gasteiger partial charge in [-0.25, -0.2) is 0 Å². The van der Waals surface area contributed by atoms with Gasteiger partial charge in [-0.3, -0.25) is 0 Å². The van der Waals surface area contributed by atoms with Crippen LogP contribution in [0.5, 0.6) is 0 Å². The standard InChI is InChI=1S/C50H27N5O/c51-28-30-14-20-45-39(24-30)36-11-5-6-12-43(36)53(45)33-16-22-47-41(26-33)42-27-34(17-23-48(42)56-47)55-46-21-15-31(29-52)25-40(46)38-19-18-37-35-10-4-7-13-44(35)54(49(37)50(38)55)32-8-2-1-3-9-32/h1-27H. The molecule has 0 N–H and O–H groups in total. The maximum atomic E-state index is 9.99. The van der Waals surface area contributed by atoms with Crippen molar-refractivity contribution in [3.63, 3.8) is 0 Å². The molecule has 0 saturated carbocycles. The zero-order valence-electron chi connectivity index (χ0n) is 29.7. The molecule has 0 unspecified atom stereocenters. The summed E-state index contributed by atoms with van der Waals surface area (Å²) in [6, 6.07) is 61.3. The maximum Gasteiger partial charge on any atom is 0.135 e. The Hall–Kier alpha value is -8.06. The molecule has 6 nitrogen and oxygen atoms in total. The van der Waals surface area contributed by atoms with E-state index in [1.54, 1.807) is 0 Å². The first-order chi connectivity index (χ1) is 27.7. The minimum absolute atomic E-state index is 0.623. The number of hydrogen-bond acceptors (Lipinski definition) is 3. The highest BCUT2D eigenvalue weighted by Crippen LogP contribution is 2.43. The van der Waals surface area contributed by atoms with Crippen LogP contribution in [0.15, 0.2) is 168 Å². The first-order valence-electron chi connectivity index (χ1n) is 18.5. The van der Waals surface area contributed by atoms with Gasteiger partial charge in [0, 0.05) is 60.2 Å². The number of hydrogen-bond donors (Lipinski definition) is 0. The van der Waals surface area contributed by atoms with E-state index in [1.165, 1.54) is 5.39 Å². The molecule has 0 aliphatic rings. The summed E-state index contributed by atoms with van der Waals surface area (Å²) in [4.78, 5) is 0. The number of para-hydroxylation sites is 3. The topological polar surface area (TPSA) is 75.5 Å². The number of benzene rings is 8. The van der Waals surface area contributed by atoms with Crippen LogP contribution in [0.25, 0.3) is 104 Å². The van der Waals surface area contributed by atoms with Gasteiger partial charge >= 0.3 is 0 Å². The fourth-order valence-electron chi connectivity index (χ4n) is 9.09. The molecule has 12 rings (SSSR count). The van der Waals surface area contributed by atoms with E-state index in [1.807, 2.05) is 36.4 Å². The van der Waals surface area contributed by atoms with Crippen LogP contribution in [0.4, 0.5) is 0 Å². The molecule has 0 spiro atoms. The van der Waals surface area contributed by atoms with Crippen molar-refractivity contribution >= 4 is 87.4 Å². The first-order valence-corrected chi connectivity index (χ1v) is 18.5. The highest BCUT2D eigenvalue weighted by Gasteiger charge is 2.22. The predicted molar refractivity (Wildman–Crippen MR) is 226 cm³/mol. The Labute approximate surface area is 319 Å². The van der Waals surface area contributed by atoms with Gasteiger partial charge in [0.25, 0.3) is 0 Å². The summed E-state index contributed by atoms with van der Waals surface area (Å²) < 4.78 is 13.5. The molecule has 4 aromatic heterocycles. The van der Waals surface area contributed by atoms with Gasteiger partial charge in [0.05, 0.1) is 56.4 Å². The summed E-state index contributed by atoms with van der Waals surface area (Å²) in [5.74, 6) is 0. The van der Waals surface area contributed by atoms with Crippen molar-refractivity contribution in [2.75, 3.05) is 0 Å². The van der Waals surface area contributed by atoms with Crippen molar-refractivity contribution in [3.8, 4) is 29.2 Å². The Morgan fingerprint density at radius 1 is 0.339 bits per heavy atom. The normalized spacial score (nSPS) is 11.9. The quantitative estimate of drug-likeness (QED) is 0.183. The second-order valence-corrected chi connectivity index (χ2v) is 14.4. The zero-order chi connectivity index (χ0) is 37.1. The van der Waals surface area contributed by atoms with Gasteiger partial charge in [-0.05, 0) is 97.1 Å². The molecule has 258 valence electrons. The molecule has 12 aromatic rings. The summed E-state index contributed by atoms with van der Waals surface area (Å²) in [6.45, 7) is 0. The number of furan rings is 1. The first kappa shape index (κ1) is 30.4. The number of nitrogens with zero attached hydrogens (tertiary/aromatic N) is 5. The molecule has 6 heteroatoms. The van der Waals surface area contributed by atoms with Crippen molar-refractivity contribution in [1.29, 1.82) is 10.5 Å². The third kappa shape index (κ3) is 4.07. The molecule has 0 fully saturated rings. The summed E-state index contributed by atoms with van der Waals surface area (Å²) in [5, 5.41) is 28.3. The molecular weight excluding hydrogens is 687 g/mol. The summed E-state index contributed by atoms with van der Waals surface area (Å²) in [6.07, 6.45) is 0. The summed E-state index contributed by atoms with van der Waals surface area (Å²) in [5.41, 5.74) is 12.4. The van der Waals surface area contributed by atoms with Gasteiger partial charge < -0.3 is 18.1 Å².